The molecular formula is C9H10O4. The third kappa shape index (κ3) is 1.13. The van der Waals surface area contributed by atoms with Crippen LogP contribution in [0.3, 0.4) is 0 Å². The van der Waals surface area contributed by atoms with E-state index in [4.69, 9.17) is 9.47 Å². The lowest BCUT2D eigenvalue weighted by Crippen LogP contribution is -2.53. The molecule has 0 radical (unpaired) electrons. The van der Waals surface area contributed by atoms with Gasteiger partial charge in [0.05, 0.1) is 12.2 Å². The zero-order chi connectivity index (χ0) is 9.42. The van der Waals surface area contributed by atoms with Crippen LogP contribution in [0.25, 0.3) is 0 Å². The van der Waals surface area contributed by atoms with Crippen LogP contribution in [-0.4, -0.2) is 24.6 Å². The van der Waals surface area contributed by atoms with Gasteiger partial charge in [-0.2, -0.15) is 0 Å². The molecule has 0 spiro atoms. The van der Waals surface area contributed by atoms with Crippen LogP contribution < -0.4 is 0 Å². The molecule has 1 aliphatic carbocycles. The van der Waals surface area contributed by atoms with E-state index in [1.807, 2.05) is 6.92 Å². The van der Waals surface area contributed by atoms with Gasteiger partial charge in [0.15, 0.2) is 6.10 Å². The third-order valence-corrected chi connectivity index (χ3v) is 2.18. The van der Waals surface area contributed by atoms with Crippen molar-refractivity contribution in [3.05, 3.63) is 11.6 Å². The van der Waals surface area contributed by atoms with Crippen LogP contribution in [0.1, 0.15) is 13.3 Å². The molecule has 70 valence electrons. The second kappa shape index (κ2) is 2.87. The number of rotatable bonds is 3. The van der Waals surface area contributed by atoms with E-state index in [9.17, 15) is 9.59 Å². The van der Waals surface area contributed by atoms with Crippen molar-refractivity contribution < 1.29 is 19.1 Å². The normalized spacial score (nSPS) is 29.0. The lowest BCUT2D eigenvalue weighted by molar-refractivity contribution is -0.181. The first-order valence-corrected chi connectivity index (χ1v) is 4.33. The number of hydrogen-bond acceptors (Lipinski definition) is 4. The Morgan fingerprint density at radius 3 is 2.92 bits per heavy atom. The Kier molecular flexibility index (Phi) is 1.83. The van der Waals surface area contributed by atoms with Crippen LogP contribution in [0.5, 0.6) is 0 Å². The first kappa shape index (κ1) is 8.29. The van der Waals surface area contributed by atoms with E-state index in [0.29, 0.717) is 12.2 Å². The molecule has 2 rings (SSSR count). The molecule has 0 saturated carbocycles. The predicted octanol–water partition coefficient (Wildman–Crippen LogP) is 0.421. The maximum Gasteiger partial charge on any atom is 0.337 e. The molecule has 1 saturated heterocycles. The second-order valence-electron chi connectivity index (χ2n) is 3.14. The van der Waals surface area contributed by atoms with Gasteiger partial charge in [-0.3, -0.25) is 4.79 Å². The van der Waals surface area contributed by atoms with Crippen LogP contribution in [0.4, 0.5) is 0 Å². The van der Waals surface area contributed by atoms with E-state index in [1.165, 1.54) is 0 Å². The van der Waals surface area contributed by atoms with Crippen molar-refractivity contribution in [2.24, 2.45) is 5.92 Å². The van der Waals surface area contributed by atoms with E-state index in [-0.39, 0.29) is 24.0 Å². The highest BCUT2D eigenvalue weighted by Gasteiger charge is 2.53. The highest BCUT2D eigenvalue weighted by atomic mass is 16.6. The summed E-state index contributed by atoms with van der Waals surface area (Å²) in [4.78, 5) is 21.9. The van der Waals surface area contributed by atoms with Crippen molar-refractivity contribution in [2.45, 2.75) is 19.4 Å². The Morgan fingerprint density at radius 1 is 1.69 bits per heavy atom. The Hall–Kier alpha value is -1.32. The third-order valence-electron chi connectivity index (χ3n) is 2.18. The molecule has 0 aromatic carbocycles. The molecule has 0 N–H and O–H groups in total. The van der Waals surface area contributed by atoms with Gasteiger partial charge in [-0.05, 0) is 6.42 Å². The first-order chi connectivity index (χ1) is 6.24. The molecule has 0 unspecified atom stereocenters. The zero-order valence-electron chi connectivity index (χ0n) is 7.28. The Balaban J connectivity index is 1.90. The van der Waals surface area contributed by atoms with E-state index < -0.39 is 0 Å². The maximum atomic E-state index is 11.2. The molecule has 1 heterocycles. The Morgan fingerprint density at radius 2 is 2.46 bits per heavy atom. The fourth-order valence-electron chi connectivity index (χ4n) is 1.37. The number of hydrogen-bond donors (Lipinski definition) is 0. The first-order valence-electron chi connectivity index (χ1n) is 4.33. The molecule has 0 bridgehead atoms. The topological polar surface area (TPSA) is 52.6 Å². The van der Waals surface area contributed by atoms with Crippen molar-refractivity contribution in [3.63, 3.8) is 0 Å². The molecule has 0 aromatic rings. The summed E-state index contributed by atoms with van der Waals surface area (Å²) in [5, 5.41) is 0. The van der Waals surface area contributed by atoms with E-state index in [0.717, 1.165) is 6.42 Å². The minimum Gasteiger partial charge on any atom is -0.462 e. The van der Waals surface area contributed by atoms with Crippen LogP contribution in [-0.2, 0) is 19.1 Å². The second-order valence-corrected chi connectivity index (χ2v) is 3.14. The molecular weight excluding hydrogens is 172 g/mol. The van der Waals surface area contributed by atoms with Gasteiger partial charge in [-0.1, -0.05) is 13.0 Å². The summed E-state index contributed by atoms with van der Waals surface area (Å²) < 4.78 is 9.63. The van der Waals surface area contributed by atoms with Gasteiger partial charge in [0.25, 0.3) is 0 Å². The van der Waals surface area contributed by atoms with Gasteiger partial charge in [-0.25, -0.2) is 4.79 Å². The maximum absolute atomic E-state index is 11.2. The van der Waals surface area contributed by atoms with Gasteiger partial charge < -0.3 is 9.47 Å². The lowest BCUT2D eigenvalue weighted by Gasteiger charge is -2.41. The van der Waals surface area contributed by atoms with E-state index >= 15 is 0 Å². The summed E-state index contributed by atoms with van der Waals surface area (Å²) in [7, 11) is 0. The van der Waals surface area contributed by atoms with Crippen LogP contribution in [0.2, 0.25) is 0 Å². The molecule has 4 heteroatoms. The van der Waals surface area contributed by atoms with Crippen molar-refractivity contribution in [3.8, 4) is 0 Å². The van der Waals surface area contributed by atoms with Crippen molar-refractivity contribution in [1.29, 1.82) is 0 Å². The number of carbonyl (C=O) groups is 2. The Bertz CT molecular complexity index is 292. The van der Waals surface area contributed by atoms with Crippen LogP contribution in [0, 0.1) is 5.92 Å². The average molecular weight is 182 g/mol. The summed E-state index contributed by atoms with van der Waals surface area (Å²) in [6, 6.07) is 0. The van der Waals surface area contributed by atoms with Gasteiger partial charge in [-0.15, -0.1) is 0 Å². The number of esters is 2. The molecule has 1 fully saturated rings. The molecule has 2 aliphatic rings. The number of ether oxygens (including phenoxy) is 2. The summed E-state index contributed by atoms with van der Waals surface area (Å²) >= 11 is 0. The summed E-state index contributed by atoms with van der Waals surface area (Å²) in [6.07, 6.45) is 2.11. The number of fused-ring (bicyclic) bond motifs is 1. The molecule has 0 amide bonds. The minimum atomic E-state index is -0.351. The average Bonchev–Trinajstić information content (AvgIpc) is 2.10. The summed E-state index contributed by atoms with van der Waals surface area (Å²) in [5.74, 6) is -0.767. The van der Waals surface area contributed by atoms with Gasteiger partial charge in [0.2, 0.25) is 0 Å². The Labute approximate surface area is 75.5 Å². The van der Waals surface area contributed by atoms with E-state index in [2.05, 4.69) is 0 Å². The molecule has 2 atom stereocenters. The quantitative estimate of drug-likeness (QED) is 0.593. The fourth-order valence-corrected chi connectivity index (χ4v) is 1.37. The summed E-state index contributed by atoms with van der Waals surface area (Å²) in [5.41, 5.74) is 0.498. The monoisotopic (exact) mass is 182 g/mol. The van der Waals surface area contributed by atoms with Crippen molar-refractivity contribution in [1.82, 2.24) is 0 Å². The molecule has 1 aliphatic heterocycles. The van der Waals surface area contributed by atoms with Crippen LogP contribution in [0.15, 0.2) is 11.6 Å². The van der Waals surface area contributed by atoms with Crippen molar-refractivity contribution >= 4 is 11.9 Å². The van der Waals surface area contributed by atoms with E-state index in [1.54, 1.807) is 6.08 Å². The highest BCUT2D eigenvalue weighted by Crippen LogP contribution is 2.39. The molecule has 4 nitrogen and oxygen atoms in total. The van der Waals surface area contributed by atoms with Crippen molar-refractivity contribution in [2.75, 3.05) is 6.61 Å². The fraction of sp³-hybridized carbons (Fsp3) is 0.556. The standard InChI is InChI=1S/C9H10O4/c1-2-3-12-8(10)5-4-6-7(5)13-9(6)11/h4,6-7H,2-3H2,1H3/t6-,7+/m0/s1. The zero-order valence-corrected chi connectivity index (χ0v) is 7.28. The highest BCUT2D eigenvalue weighted by molar-refractivity contribution is 5.99. The van der Waals surface area contributed by atoms with Gasteiger partial charge >= 0.3 is 11.9 Å². The van der Waals surface area contributed by atoms with Crippen LogP contribution >= 0.6 is 0 Å². The summed E-state index contributed by atoms with van der Waals surface area (Å²) in [6.45, 7) is 2.34. The smallest absolute Gasteiger partial charge is 0.337 e. The predicted molar refractivity (Wildman–Crippen MR) is 42.7 cm³/mol. The molecule has 13 heavy (non-hydrogen) atoms. The number of carbonyl (C=O) groups excluding carboxylic acids is 2. The van der Waals surface area contributed by atoms with Gasteiger partial charge in [0, 0.05) is 0 Å². The van der Waals surface area contributed by atoms with Gasteiger partial charge in [0.1, 0.15) is 5.92 Å². The molecule has 0 aromatic heterocycles. The largest absolute Gasteiger partial charge is 0.462 e. The SMILES string of the molecule is CCCOC(=O)C1=C[C@@H]2C(=O)O[C@H]12. The minimum absolute atomic E-state index is 0.177. The lowest BCUT2D eigenvalue weighted by atomic mass is 9.78.